The topological polar surface area (TPSA) is 28.2 Å². The van der Waals surface area contributed by atoms with E-state index in [0.717, 1.165) is 42.3 Å². The molecular formula is C46H64BN3O2. The van der Waals surface area contributed by atoms with E-state index in [-0.39, 0.29) is 18.2 Å². The first kappa shape index (κ1) is 33.5. The predicted molar refractivity (Wildman–Crippen MR) is 212 cm³/mol. The zero-order valence-corrected chi connectivity index (χ0v) is 32.5. The summed E-state index contributed by atoms with van der Waals surface area (Å²) in [4.78, 5) is 9.31. The minimum atomic E-state index is 0.131. The van der Waals surface area contributed by atoms with Crippen molar-refractivity contribution in [3.63, 3.8) is 0 Å². The van der Waals surface area contributed by atoms with Crippen molar-refractivity contribution in [2.45, 2.75) is 202 Å². The third-order valence-corrected chi connectivity index (χ3v) is 17.0. The molecule has 5 nitrogen and oxygen atoms in total. The molecular weight excluding hydrogens is 637 g/mol. The summed E-state index contributed by atoms with van der Waals surface area (Å²) >= 11 is 0. The first-order valence-electron chi connectivity index (χ1n) is 22.2. The van der Waals surface area contributed by atoms with Crippen molar-refractivity contribution in [3.8, 4) is 0 Å². The van der Waals surface area contributed by atoms with Gasteiger partial charge in [0.2, 0.25) is 0 Å². The van der Waals surface area contributed by atoms with Crippen molar-refractivity contribution >= 4 is 18.1 Å². The van der Waals surface area contributed by atoms with E-state index in [1.54, 1.807) is 0 Å². The second-order valence-electron chi connectivity index (χ2n) is 19.8. The van der Waals surface area contributed by atoms with Gasteiger partial charge in [0.1, 0.15) is 0 Å². The van der Waals surface area contributed by atoms with Gasteiger partial charge in [-0.3, -0.25) is 9.80 Å². The molecule has 4 aliphatic heterocycles. The van der Waals surface area contributed by atoms with Crippen LogP contribution in [0.3, 0.4) is 0 Å². The van der Waals surface area contributed by atoms with Crippen LogP contribution >= 0.6 is 0 Å². The van der Waals surface area contributed by atoms with E-state index < -0.39 is 0 Å². The molecule has 0 bridgehead atoms. The fourth-order valence-corrected chi connectivity index (χ4v) is 15.2. The van der Waals surface area contributed by atoms with Crippen LogP contribution in [-0.4, -0.2) is 83.2 Å². The highest BCUT2D eigenvalue weighted by Gasteiger charge is 2.73. The third-order valence-electron chi connectivity index (χ3n) is 17.0. The lowest BCUT2D eigenvalue weighted by molar-refractivity contribution is -0.265. The van der Waals surface area contributed by atoms with Gasteiger partial charge in [0.05, 0.1) is 30.5 Å². The lowest BCUT2D eigenvalue weighted by Crippen LogP contribution is -2.86. The fraction of sp³-hybridized carbons (Fsp3) is 0.739. The zero-order chi connectivity index (χ0) is 34.8. The highest BCUT2D eigenvalue weighted by Crippen LogP contribution is 2.66. The Balaban J connectivity index is 1.15. The Morgan fingerprint density at radius 1 is 0.558 bits per heavy atom. The third kappa shape index (κ3) is 5.01. The van der Waals surface area contributed by atoms with Crippen molar-refractivity contribution in [3.05, 3.63) is 59.7 Å². The monoisotopic (exact) mass is 702 g/mol. The van der Waals surface area contributed by atoms with Gasteiger partial charge in [-0.1, -0.05) is 87.8 Å². The van der Waals surface area contributed by atoms with Crippen molar-refractivity contribution < 1.29 is 9.47 Å². The second kappa shape index (κ2) is 12.9. The smallest absolute Gasteiger partial charge is 0.157 e. The van der Waals surface area contributed by atoms with E-state index >= 15 is 0 Å². The Morgan fingerprint density at radius 3 is 1.46 bits per heavy atom. The maximum atomic E-state index is 7.88. The van der Waals surface area contributed by atoms with Crippen molar-refractivity contribution in [2.24, 2.45) is 11.8 Å². The largest absolute Gasteiger partial charge is 0.369 e. The number of rotatable bonds is 3. The number of ether oxygens (including phenoxy) is 2. The van der Waals surface area contributed by atoms with Crippen LogP contribution in [0.4, 0.5) is 11.4 Å². The summed E-state index contributed by atoms with van der Waals surface area (Å²) in [5.41, 5.74) is 5.25. The molecule has 5 saturated carbocycles. The summed E-state index contributed by atoms with van der Waals surface area (Å²) in [6.45, 7) is 10.5. The van der Waals surface area contributed by atoms with Crippen LogP contribution < -0.4 is 4.90 Å². The highest BCUT2D eigenvalue weighted by atomic mass is 16.5. The van der Waals surface area contributed by atoms with E-state index in [1.165, 1.54) is 112 Å². The lowest BCUT2D eigenvalue weighted by atomic mass is 9.17. The average Bonchev–Trinajstić information content (AvgIpc) is 3.16. The van der Waals surface area contributed by atoms with Crippen molar-refractivity contribution in [2.75, 3.05) is 4.90 Å². The van der Waals surface area contributed by atoms with E-state index in [1.807, 2.05) is 0 Å². The molecule has 6 heteroatoms. The Labute approximate surface area is 314 Å². The van der Waals surface area contributed by atoms with Crippen LogP contribution in [0.25, 0.3) is 0 Å². The number of benzene rings is 2. The summed E-state index contributed by atoms with van der Waals surface area (Å²) in [6.07, 6.45) is 19.9. The molecule has 2 aromatic carbocycles. The first-order valence-corrected chi connectivity index (χ1v) is 22.2. The quantitative estimate of drug-likeness (QED) is 0.298. The molecule has 9 fully saturated rings. The van der Waals surface area contributed by atoms with Crippen LogP contribution in [0.1, 0.15) is 115 Å². The van der Waals surface area contributed by atoms with Gasteiger partial charge in [0.15, 0.2) is 6.71 Å². The van der Waals surface area contributed by atoms with Gasteiger partial charge in [0, 0.05) is 47.6 Å². The summed E-state index contributed by atoms with van der Waals surface area (Å²) in [5.74, 6) is 4.00. The number of morpholine rings is 2. The Kier molecular flexibility index (Phi) is 8.28. The molecule has 0 amide bonds. The van der Waals surface area contributed by atoms with Crippen molar-refractivity contribution in [1.82, 2.24) is 9.80 Å². The number of fused-ring (bicyclic) bond motifs is 10. The van der Waals surface area contributed by atoms with Crippen LogP contribution in [0.15, 0.2) is 48.5 Å². The molecule has 14 atom stereocenters. The van der Waals surface area contributed by atoms with Crippen LogP contribution in [-0.2, 0) is 9.47 Å². The standard InChI is InChI=1S/C46H64BN3O2/c1-27-13-19-31(20-14-27)48(32-21-15-28(2)16-22-32)44-45-42-41-43-46(44)52-40-12-8-6-10-38(40)50(43)36-24-18-30(4)26-34(36)47(41)33-25-29(3)17-23-35(33)49(42)37-9-5-7-11-39(37)51-45/h13-16,19-22,29-30,33-46H,5-12,17-18,23-26H2,1-4H3. The lowest BCUT2D eigenvalue weighted by Gasteiger charge is -2.75. The number of nitrogens with zero attached hydrogens (tertiary/aromatic N) is 3. The molecule has 4 heterocycles. The average molecular weight is 702 g/mol. The highest BCUT2D eigenvalue weighted by molar-refractivity contribution is 6.65. The molecule has 0 aromatic heterocycles. The molecule has 4 saturated heterocycles. The number of anilines is 2. The summed E-state index contributed by atoms with van der Waals surface area (Å²) in [6, 6.07) is 22.6. The molecule has 11 rings (SSSR count). The maximum absolute atomic E-state index is 7.88. The van der Waals surface area contributed by atoms with Gasteiger partial charge in [0.25, 0.3) is 0 Å². The second-order valence-corrected chi connectivity index (χ2v) is 19.8. The van der Waals surface area contributed by atoms with E-state index in [2.05, 4.69) is 90.9 Å². The molecule has 2 aromatic rings. The zero-order valence-electron chi connectivity index (χ0n) is 32.5. The Bertz CT molecular complexity index is 1500. The van der Waals surface area contributed by atoms with Crippen LogP contribution in [0, 0.1) is 25.7 Å². The van der Waals surface area contributed by atoms with E-state index in [9.17, 15) is 0 Å². The maximum Gasteiger partial charge on any atom is 0.157 e. The van der Waals surface area contributed by atoms with Gasteiger partial charge < -0.3 is 14.4 Å². The normalized spacial score (nSPS) is 46.6. The minimum absolute atomic E-state index is 0.131. The van der Waals surface area contributed by atoms with Gasteiger partial charge in [-0.05, 0) is 119 Å². The van der Waals surface area contributed by atoms with Crippen LogP contribution in [0.5, 0.6) is 0 Å². The van der Waals surface area contributed by atoms with Gasteiger partial charge in [-0.25, -0.2) is 0 Å². The van der Waals surface area contributed by atoms with Crippen LogP contribution in [0.2, 0.25) is 17.5 Å². The summed E-state index contributed by atoms with van der Waals surface area (Å²) in [5, 5.41) is 0. The number of aryl methyl sites for hydroxylation is 2. The molecule has 14 unspecified atom stereocenters. The molecule has 9 aliphatic rings. The van der Waals surface area contributed by atoms with Crippen molar-refractivity contribution in [1.29, 1.82) is 0 Å². The molecule has 0 radical (unpaired) electrons. The molecule has 52 heavy (non-hydrogen) atoms. The number of hydrogen-bond donors (Lipinski definition) is 0. The summed E-state index contributed by atoms with van der Waals surface area (Å²) in [7, 11) is 0. The fourth-order valence-electron chi connectivity index (χ4n) is 15.2. The molecule has 278 valence electrons. The Morgan fingerprint density at radius 2 is 1.00 bits per heavy atom. The van der Waals surface area contributed by atoms with Gasteiger partial charge >= 0.3 is 0 Å². The SMILES string of the molecule is Cc1ccc(N(c2ccc(C)cc2)C2C3OC4CCCCC4N4C5CCC(C)CC5B5C6CC(C)CCC6N6C7CCCCC7OC2C6C5C34)cc1. The van der Waals surface area contributed by atoms with E-state index in [0.29, 0.717) is 42.2 Å². The van der Waals surface area contributed by atoms with E-state index in [4.69, 9.17) is 9.47 Å². The van der Waals surface area contributed by atoms with Gasteiger partial charge in [-0.2, -0.15) is 0 Å². The van der Waals surface area contributed by atoms with Gasteiger partial charge in [-0.15, -0.1) is 0 Å². The summed E-state index contributed by atoms with van der Waals surface area (Å²) < 4.78 is 15.8. The molecule has 5 aliphatic carbocycles. The Hall–Kier alpha value is -1.86. The predicted octanol–water partition coefficient (Wildman–Crippen LogP) is 9.59. The minimum Gasteiger partial charge on any atom is -0.369 e. The molecule has 0 spiro atoms. The molecule has 0 N–H and O–H groups in total. The number of hydrogen-bond acceptors (Lipinski definition) is 5. The first-order chi connectivity index (χ1) is 25.4.